The third kappa shape index (κ3) is 4.32. The zero-order chi connectivity index (χ0) is 28.1. The molecule has 4 aromatic rings. The molecule has 2 heterocycles. The molecule has 41 heavy (non-hydrogen) atoms. The van der Waals surface area contributed by atoms with Crippen LogP contribution < -0.4 is 9.80 Å². The number of hydrogen-bond acceptors (Lipinski definition) is 5. The summed E-state index contributed by atoms with van der Waals surface area (Å²) in [6.45, 7) is 0.290. The first-order chi connectivity index (χ1) is 20.0. The molecule has 7 nitrogen and oxygen atoms in total. The van der Waals surface area contributed by atoms with Crippen LogP contribution in [0.1, 0.15) is 58.5 Å². The van der Waals surface area contributed by atoms with Crippen LogP contribution in [0, 0.1) is 11.8 Å². The van der Waals surface area contributed by atoms with Gasteiger partial charge < -0.3 is 9.80 Å². The van der Waals surface area contributed by atoms with Crippen LogP contribution in [0.3, 0.4) is 0 Å². The molecular weight excluding hydrogens is 514 g/mol. The van der Waals surface area contributed by atoms with E-state index in [1.165, 1.54) is 0 Å². The molecule has 0 saturated heterocycles. The molecule has 7 rings (SSSR count). The third-order valence-electron chi connectivity index (χ3n) is 8.79. The van der Waals surface area contributed by atoms with Gasteiger partial charge in [0.15, 0.2) is 11.6 Å². The summed E-state index contributed by atoms with van der Waals surface area (Å²) in [7, 11) is 0. The van der Waals surface area contributed by atoms with Crippen molar-refractivity contribution in [2.24, 2.45) is 11.8 Å². The highest BCUT2D eigenvalue weighted by atomic mass is 16.2. The SMILES string of the molecule is O=C1CC(CC(=O)N2c3ccccc3N(Cc3ccc4ccccc4n3)C(=O)C3CCCC32)C(=O)c2ccccc21. The van der Waals surface area contributed by atoms with Crippen molar-refractivity contribution in [2.45, 2.75) is 44.7 Å². The summed E-state index contributed by atoms with van der Waals surface area (Å²) in [5.41, 5.74) is 3.78. The molecule has 3 aromatic carbocycles. The van der Waals surface area contributed by atoms with Crippen molar-refractivity contribution in [3.63, 3.8) is 0 Å². The van der Waals surface area contributed by atoms with E-state index in [2.05, 4.69) is 0 Å². The molecule has 1 fully saturated rings. The van der Waals surface area contributed by atoms with Crippen LogP contribution >= 0.6 is 0 Å². The molecule has 0 spiro atoms. The number of benzene rings is 3. The minimum Gasteiger partial charge on any atom is -0.306 e. The molecule has 1 aromatic heterocycles. The Balaban J connectivity index is 1.24. The Morgan fingerprint density at radius 3 is 2.39 bits per heavy atom. The van der Waals surface area contributed by atoms with Crippen LogP contribution in [0.4, 0.5) is 11.4 Å². The van der Waals surface area contributed by atoms with Crippen molar-refractivity contribution in [3.8, 4) is 0 Å². The fourth-order valence-electron chi connectivity index (χ4n) is 6.83. The Morgan fingerprint density at radius 2 is 1.54 bits per heavy atom. The van der Waals surface area contributed by atoms with E-state index in [0.717, 1.165) is 23.0 Å². The number of fused-ring (bicyclic) bond motifs is 4. The Labute approximate surface area is 237 Å². The number of carbonyl (C=O) groups is 4. The number of rotatable bonds is 4. The van der Waals surface area contributed by atoms with Gasteiger partial charge in [-0.25, -0.2) is 0 Å². The summed E-state index contributed by atoms with van der Waals surface area (Å²) >= 11 is 0. The van der Waals surface area contributed by atoms with Crippen molar-refractivity contribution >= 4 is 45.7 Å². The highest BCUT2D eigenvalue weighted by molar-refractivity contribution is 6.16. The number of para-hydroxylation sites is 3. The van der Waals surface area contributed by atoms with E-state index >= 15 is 0 Å². The molecular formula is C34H29N3O4. The highest BCUT2D eigenvalue weighted by Crippen LogP contribution is 2.44. The first-order valence-electron chi connectivity index (χ1n) is 14.2. The lowest BCUT2D eigenvalue weighted by molar-refractivity contribution is -0.123. The largest absolute Gasteiger partial charge is 0.306 e. The number of hydrogen-bond donors (Lipinski definition) is 0. The van der Waals surface area contributed by atoms with Gasteiger partial charge in [0.05, 0.1) is 35.0 Å². The Morgan fingerprint density at radius 1 is 0.805 bits per heavy atom. The summed E-state index contributed by atoms with van der Waals surface area (Å²) in [5.74, 6) is -1.58. The number of Topliss-reactive ketones (excluding diaryl/α,β-unsaturated/α-hetero) is 2. The average Bonchev–Trinajstić information content (AvgIpc) is 3.45. The lowest BCUT2D eigenvalue weighted by Gasteiger charge is -2.32. The van der Waals surface area contributed by atoms with Gasteiger partial charge in [0, 0.05) is 41.3 Å². The predicted octanol–water partition coefficient (Wildman–Crippen LogP) is 5.76. The third-order valence-corrected chi connectivity index (χ3v) is 8.79. The van der Waals surface area contributed by atoms with Gasteiger partial charge in [-0.15, -0.1) is 0 Å². The Kier molecular flexibility index (Phi) is 6.22. The molecule has 0 N–H and O–H groups in total. The maximum absolute atomic E-state index is 14.1. The number of pyridine rings is 1. The minimum atomic E-state index is -0.714. The van der Waals surface area contributed by atoms with E-state index < -0.39 is 5.92 Å². The monoisotopic (exact) mass is 543 g/mol. The van der Waals surface area contributed by atoms with Crippen LogP contribution in [0.25, 0.3) is 10.9 Å². The summed E-state index contributed by atoms with van der Waals surface area (Å²) < 4.78 is 0. The van der Waals surface area contributed by atoms with E-state index in [9.17, 15) is 19.2 Å². The molecule has 204 valence electrons. The highest BCUT2D eigenvalue weighted by Gasteiger charge is 2.46. The van der Waals surface area contributed by atoms with Gasteiger partial charge in [-0.3, -0.25) is 24.2 Å². The molecule has 3 aliphatic rings. The van der Waals surface area contributed by atoms with E-state index in [1.54, 1.807) is 34.1 Å². The lowest BCUT2D eigenvalue weighted by atomic mass is 9.80. The van der Waals surface area contributed by atoms with Crippen molar-refractivity contribution < 1.29 is 19.2 Å². The van der Waals surface area contributed by atoms with E-state index in [4.69, 9.17) is 4.98 Å². The Bertz CT molecular complexity index is 1730. The van der Waals surface area contributed by atoms with Gasteiger partial charge >= 0.3 is 0 Å². The zero-order valence-corrected chi connectivity index (χ0v) is 22.5. The van der Waals surface area contributed by atoms with Crippen molar-refractivity contribution in [3.05, 3.63) is 102 Å². The van der Waals surface area contributed by atoms with Crippen LogP contribution in [0.15, 0.2) is 84.9 Å². The molecule has 3 atom stereocenters. The average molecular weight is 544 g/mol. The molecule has 2 aliphatic carbocycles. The number of carbonyl (C=O) groups excluding carboxylic acids is 4. The summed E-state index contributed by atoms with van der Waals surface area (Å²) in [6, 6.07) is 25.9. The van der Waals surface area contributed by atoms with Gasteiger partial charge in [0.25, 0.3) is 0 Å². The van der Waals surface area contributed by atoms with E-state index in [1.807, 2.05) is 60.7 Å². The van der Waals surface area contributed by atoms with Crippen LogP contribution in [-0.4, -0.2) is 34.4 Å². The first-order valence-corrected chi connectivity index (χ1v) is 14.2. The van der Waals surface area contributed by atoms with Gasteiger partial charge in [0.2, 0.25) is 11.8 Å². The maximum atomic E-state index is 14.1. The molecule has 0 radical (unpaired) electrons. The maximum Gasteiger partial charge on any atom is 0.232 e. The van der Waals surface area contributed by atoms with Gasteiger partial charge in [-0.1, -0.05) is 67.1 Å². The van der Waals surface area contributed by atoms with Gasteiger partial charge in [-0.2, -0.15) is 0 Å². The second kappa shape index (κ2) is 10.1. The predicted molar refractivity (Wildman–Crippen MR) is 156 cm³/mol. The minimum absolute atomic E-state index is 0.0111. The van der Waals surface area contributed by atoms with Crippen LogP contribution in [0.2, 0.25) is 0 Å². The molecule has 1 saturated carbocycles. The quantitative estimate of drug-likeness (QED) is 0.327. The lowest BCUT2D eigenvalue weighted by Crippen LogP contribution is -2.46. The van der Waals surface area contributed by atoms with Gasteiger partial charge in [-0.05, 0) is 37.1 Å². The van der Waals surface area contributed by atoms with Crippen molar-refractivity contribution in [1.29, 1.82) is 0 Å². The number of amides is 2. The normalized spacial score (nSPS) is 21.9. The van der Waals surface area contributed by atoms with Crippen LogP contribution in [-0.2, 0) is 16.1 Å². The van der Waals surface area contributed by atoms with E-state index in [0.29, 0.717) is 41.9 Å². The standard InChI is InChI=1S/C34H29N3O4/c38-31-18-22(33(40)25-10-3-2-9-24(25)31)19-32(39)37-28-15-7-11-26(28)34(41)36(29-13-5-6-14-30(29)37)20-23-17-16-21-8-1-4-12-27(21)35-23/h1-6,8-10,12-14,16-17,22,26,28H,7,11,15,18-20H2. The number of aromatic nitrogens is 1. The Hall–Kier alpha value is -4.65. The van der Waals surface area contributed by atoms with Gasteiger partial charge in [0.1, 0.15) is 0 Å². The number of ketones is 2. The smallest absolute Gasteiger partial charge is 0.232 e. The summed E-state index contributed by atoms with van der Waals surface area (Å²) in [6.07, 6.45) is 2.18. The molecule has 3 unspecified atom stereocenters. The zero-order valence-electron chi connectivity index (χ0n) is 22.5. The summed E-state index contributed by atoms with van der Waals surface area (Å²) in [5, 5.41) is 1.03. The summed E-state index contributed by atoms with van der Waals surface area (Å²) in [4.78, 5) is 62.8. The van der Waals surface area contributed by atoms with E-state index in [-0.39, 0.29) is 48.2 Å². The second-order valence-corrected chi connectivity index (χ2v) is 11.2. The van der Waals surface area contributed by atoms with Crippen molar-refractivity contribution in [1.82, 2.24) is 4.98 Å². The number of anilines is 2. The first kappa shape index (κ1) is 25.3. The molecule has 7 heteroatoms. The van der Waals surface area contributed by atoms with Crippen molar-refractivity contribution in [2.75, 3.05) is 9.80 Å². The second-order valence-electron chi connectivity index (χ2n) is 11.2. The van der Waals surface area contributed by atoms with Crippen LogP contribution in [0.5, 0.6) is 0 Å². The fourth-order valence-corrected chi connectivity index (χ4v) is 6.83. The molecule has 2 amide bonds. The number of nitrogens with zero attached hydrogens (tertiary/aromatic N) is 3. The fraction of sp³-hybridized carbons (Fsp3) is 0.265. The molecule has 0 bridgehead atoms. The molecule has 1 aliphatic heterocycles. The topological polar surface area (TPSA) is 87.7 Å².